The SMILES string of the molecule is CN(CC1CCCCO1)S(=O)(=O)c1cc(N)c(F)cc1Cl. The lowest BCUT2D eigenvalue weighted by Gasteiger charge is -2.27. The number of anilines is 1. The third-order valence-electron chi connectivity index (χ3n) is 3.47. The molecule has 1 saturated heterocycles. The first-order chi connectivity index (χ1) is 9.82. The fourth-order valence-corrected chi connectivity index (χ4v) is 3.97. The van der Waals surface area contributed by atoms with Crippen molar-refractivity contribution in [1.29, 1.82) is 0 Å². The molecule has 21 heavy (non-hydrogen) atoms. The molecule has 1 aliphatic rings. The summed E-state index contributed by atoms with van der Waals surface area (Å²) in [6.45, 7) is 0.874. The van der Waals surface area contributed by atoms with Crippen LogP contribution in [-0.2, 0) is 14.8 Å². The predicted molar refractivity (Wildman–Crippen MR) is 79.2 cm³/mol. The zero-order valence-electron chi connectivity index (χ0n) is 11.7. The summed E-state index contributed by atoms with van der Waals surface area (Å²) in [6.07, 6.45) is 2.70. The van der Waals surface area contributed by atoms with Gasteiger partial charge in [-0.15, -0.1) is 0 Å². The van der Waals surface area contributed by atoms with Gasteiger partial charge in [-0.1, -0.05) is 11.6 Å². The molecule has 1 heterocycles. The van der Waals surface area contributed by atoms with Crippen molar-refractivity contribution in [3.05, 3.63) is 23.0 Å². The fraction of sp³-hybridized carbons (Fsp3) is 0.538. The zero-order valence-corrected chi connectivity index (χ0v) is 13.3. The number of nitrogens with zero attached hydrogens (tertiary/aromatic N) is 1. The van der Waals surface area contributed by atoms with Crippen molar-refractivity contribution < 1.29 is 17.5 Å². The molecule has 1 aliphatic heterocycles. The molecule has 1 fully saturated rings. The van der Waals surface area contributed by atoms with E-state index in [1.165, 1.54) is 11.4 Å². The number of benzene rings is 1. The summed E-state index contributed by atoms with van der Waals surface area (Å²) in [5.41, 5.74) is 5.18. The lowest BCUT2D eigenvalue weighted by molar-refractivity contribution is 0.00858. The van der Waals surface area contributed by atoms with Gasteiger partial charge in [0.05, 0.1) is 16.8 Å². The summed E-state index contributed by atoms with van der Waals surface area (Å²) in [7, 11) is -2.39. The molecule has 1 aromatic carbocycles. The van der Waals surface area contributed by atoms with Crippen molar-refractivity contribution >= 4 is 27.3 Å². The molecule has 1 aromatic rings. The minimum absolute atomic E-state index is 0.130. The Morgan fingerprint density at radius 1 is 1.48 bits per heavy atom. The summed E-state index contributed by atoms with van der Waals surface area (Å²) < 4.78 is 45.0. The number of nitrogen functional groups attached to an aromatic ring is 1. The van der Waals surface area contributed by atoms with Crippen LogP contribution in [0.1, 0.15) is 19.3 Å². The van der Waals surface area contributed by atoms with E-state index >= 15 is 0 Å². The Balaban J connectivity index is 2.22. The Labute approximate surface area is 128 Å². The van der Waals surface area contributed by atoms with Gasteiger partial charge in [-0.05, 0) is 31.4 Å². The smallest absolute Gasteiger partial charge is 0.244 e. The van der Waals surface area contributed by atoms with Crippen molar-refractivity contribution in [2.45, 2.75) is 30.3 Å². The molecule has 0 spiro atoms. The Morgan fingerprint density at radius 2 is 2.19 bits per heavy atom. The van der Waals surface area contributed by atoms with Crippen molar-refractivity contribution in [2.75, 3.05) is 25.9 Å². The van der Waals surface area contributed by atoms with Crippen LogP contribution in [0, 0.1) is 5.82 Å². The molecule has 1 atom stereocenters. The Morgan fingerprint density at radius 3 is 2.81 bits per heavy atom. The lowest BCUT2D eigenvalue weighted by atomic mass is 10.1. The molecular formula is C13H18ClFN2O3S. The van der Waals surface area contributed by atoms with Gasteiger partial charge in [0.15, 0.2) is 0 Å². The second-order valence-electron chi connectivity index (χ2n) is 5.08. The molecule has 0 aliphatic carbocycles. The van der Waals surface area contributed by atoms with Crippen molar-refractivity contribution in [3.8, 4) is 0 Å². The monoisotopic (exact) mass is 336 g/mol. The molecule has 1 unspecified atom stereocenters. The van der Waals surface area contributed by atoms with Gasteiger partial charge in [0.2, 0.25) is 10.0 Å². The molecule has 2 rings (SSSR count). The first-order valence-corrected chi connectivity index (χ1v) is 8.46. The number of nitrogens with two attached hydrogens (primary N) is 1. The highest BCUT2D eigenvalue weighted by atomic mass is 35.5. The molecule has 8 heteroatoms. The summed E-state index contributed by atoms with van der Waals surface area (Å²) in [4.78, 5) is -0.193. The van der Waals surface area contributed by atoms with Crippen LogP contribution in [0.15, 0.2) is 17.0 Å². The molecule has 5 nitrogen and oxygen atoms in total. The summed E-state index contributed by atoms with van der Waals surface area (Å²) >= 11 is 5.84. The highest BCUT2D eigenvalue weighted by Crippen LogP contribution is 2.28. The van der Waals surface area contributed by atoms with Crippen LogP contribution >= 0.6 is 11.6 Å². The van der Waals surface area contributed by atoms with Gasteiger partial charge in [0.25, 0.3) is 0 Å². The number of rotatable bonds is 4. The Hall–Kier alpha value is -0.890. The van der Waals surface area contributed by atoms with E-state index in [2.05, 4.69) is 0 Å². The minimum Gasteiger partial charge on any atom is -0.396 e. The van der Waals surface area contributed by atoms with Crippen molar-refractivity contribution in [3.63, 3.8) is 0 Å². The number of hydrogen-bond donors (Lipinski definition) is 1. The lowest BCUT2D eigenvalue weighted by Crippen LogP contribution is -2.37. The van der Waals surface area contributed by atoms with E-state index in [-0.39, 0.29) is 28.3 Å². The minimum atomic E-state index is -3.83. The van der Waals surface area contributed by atoms with Crippen molar-refractivity contribution in [2.24, 2.45) is 0 Å². The molecule has 118 valence electrons. The van der Waals surface area contributed by atoms with E-state index in [0.717, 1.165) is 31.4 Å². The van der Waals surface area contributed by atoms with Crippen LogP contribution in [0.5, 0.6) is 0 Å². The Bertz CT molecular complexity index is 618. The maximum atomic E-state index is 13.3. The quantitative estimate of drug-likeness (QED) is 0.856. The first kappa shape index (κ1) is 16.5. The van der Waals surface area contributed by atoms with Crippen LogP contribution < -0.4 is 5.73 Å². The van der Waals surface area contributed by atoms with Gasteiger partial charge in [-0.3, -0.25) is 0 Å². The Kier molecular flexibility index (Phi) is 5.08. The molecular weight excluding hydrogens is 319 g/mol. The van der Waals surface area contributed by atoms with E-state index in [1.807, 2.05) is 0 Å². The molecule has 0 radical (unpaired) electrons. The van der Waals surface area contributed by atoms with E-state index in [9.17, 15) is 12.8 Å². The summed E-state index contributed by atoms with van der Waals surface area (Å²) in [5, 5.41) is -0.182. The van der Waals surface area contributed by atoms with Crippen LogP contribution in [0.25, 0.3) is 0 Å². The zero-order chi connectivity index (χ0) is 15.6. The number of halogens is 2. The second kappa shape index (κ2) is 6.48. The number of likely N-dealkylation sites (N-methyl/N-ethyl adjacent to an activating group) is 1. The third kappa shape index (κ3) is 3.66. The highest BCUT2D eigenvalue weighted by Gasteiger charge is 2.28. The summed E-state index contributed by atoms with van der Waals surface area (Å²) in [6, 6.07) is 1.96. The van der Waals surface area contributed by atoms with E-state index in [0.29, 0.717) is 6.61 Å². The highest BCUT2D eigenvalue weighted by molar-refractivity contribution is 7.89. The van der Waals surface area contributed by atoms with E-state index in [1.54, 1.807) is 0 Å². The van der Waals surface area contributed by atoms with Gasteiger partial charge in [-0.2, -0.15) is 4.31 Å². The largest absolute Gasteiger partial charge is 0.396 e. The van der Waals surface area contributed by atoms with Crippen LogP contribution in [-0.4, -0.2) is 39.0 Å². The number of sulfonamides is 1. The number of ether oxygens (including phenoxy) is 1. The molecule has 0 amide bonds. The van der Waals surface area contributed by atoms with Gasteiger partial charge in [0, 0.05) is 20.2 Å². The third-order valence-corrected chi connectivity index (χ3v) is 5.76. The molecule has 0 aromatic heterocycles. The van der Waals surface area contributed by atoms with Gasteiger partial charge in [-0.25, -0.2) is 12.8 Å². The average Bonchev–Trinajstić information content (AvgIpc) is 2.43. The van der Waals surface area contributed by atoms with Gasteiger partial charge in [0.1, 0.15) is 10.7 Å². The summed E-state index contributed by atoms with van der Waals surface area (Å²) in [5.74, 6) is -0.739. The number of hydrogen-bond acceptors (Lipinski definition) is 4. The van der Waals surface area contributed by atoms with Gasteiger partial charge >= 0.3 is 0 Å². The molecule has 0 bridgehead atoms. The second-order valence-corrected chi connectivity index (χ2v) is 7.50. The maximum Gasteiger partial charge on any atom is 0.244 e. The molecule has 0 saturated carbocycles. The van der Waals surface area contributed by atoms with E-state index < -0.39 is 15.8 Å². The van der Waals surface area contributed by atoms with Gasteiger partial charge < -0.3 is 10.5 Å². The predicted octanol–water partition coefficient (Wildman–Crippen LogP) is 2.25. The fourth-order valence-electron chi connectivity index (χ4n) is 2.25. The van der Waals surface area contributed by atoms with Crippen LogP contribution in [0.4, 0.5) is 10.1 Å². The first-order valence-electron chi connectivity index (χ1n) is 6.65. The normalized spacial score (nSPS) is 19.9. The van der Waals surface area contributed by atoms with Crippen LogP contribution in [0.3, 0.4) is 0 Å². The van der Waals surface area contributed by atoms with Crippen molar-refractivity contribution in [1.82, 2.24) is 4.31 Å². The topological polar surface area (TPSA) is 72.6 Å². The standard InChI is InChI=1S/C13H18ClFN2O3S/c1-17(8-9-4-2-3-5-20-9)21(18,19)13-7-12(16)11(15)6-10(13)14/h6-7,9H,2-5,8,16H2,1H3. The average molecular weight is 337 g/mol. The van der Waals surface area contributed by atoms with E-state index in [4.69, 9.17) is 22.1 Å². The molecule has 2 N–H and O–H groups in total. The van der Waals surface area contributed by atoms with Crippen LogP contribution in [0.2, 0.25) is 5.02 Å². The maximum absolute atomic E-state index is 13.3.